The van der Waals surface area contributed by atoms with E-state index in [9.17, 15) is 13.2 Å². The van der Waals surface area contributed by atoms with Crippen molar-refractivity contribution in [2.75, 3.05) is 11.9 Å². The minimum atomic E-state index is -4.30. The van der Waals surface area contributed by atoms with Crippen LogP contribution in [-0.2, 0) is 6.61 Å². The predicted octanol–water partition coefficient (Wildman–Crippen LogP) is 1.60. The second-order valence-electron chi connectivity index (χ2n) is 3.79. The number of aliphatic hydroxyl groups excluding tert-OH is 1. The molecule has 1 aromatic heterocycles. The molecule has 0 saturated heterocycles. The zero-order valence-corrected chi connectivity index (χ0v) is 8.67. The molecule has 0 aliphatic carbocycles. The molecule has 0 spiro atoms. The van der Waals surface area contributed by atoms with Crippen LogP contribution in [0.2, 0.25) is 0 Å². The van der Waals surface area contributed by atoms with Gasteiger partial charge in [-0.3, -0.25) is 0 Å². The van der Waals surface area contributed by atoms with Crippen LogP contribution in [0.1, 0.15) is 23.7 Å². The van der Waals surface area contributed by atoms with Crippen LogP contribution in [0.4, 0.5) is 19.0 Å². The van der Waals surface area contributed by atoms with Crippen LogP contribution >= 0.6 is 0 Å². The first-order valence-electron chi connectivity index (χ1n) is 4.94. The van der Waals surface area contributed by atoms with Gasteiger partial charge >= 0.3 is 6.18 Å². The van der Waals surface area contributed by atoms with Crippen LogP contribution in [0.15, 0.2) is 0 Å². The maximum Gasteiger partial charge on any atom is 0.410 e. The summed E-state index contributed by atoms with van der Waals surface area (Å²) in [6.07, 6.45) is -4.34. The summed E-state index contributed by atoms with van der Waals surface area (Å²) in [6, 6.07) is -1.59. The second-order valence-corrected chi connectivity index (χ2v) is 3.79. The molecule has 0 bridgehead atoms. The summed E-state index contributed by atoms with van der Waals surface area (Å²) in [5, 5.41) is 15.8. The highest BCUT2D eigenvalue weighted by molar-refractivity contribution is 5.48. The van der Waals surface area contributed by atoms with Crippen LogP contribution in [-0.4, -0.2) is 27.6 Å². The van der Waals surface area contributed by atoms with Gasteiger partial charge in [-0.05, 0) is 13.3 Å². The molecule has 0 radical (unpaired) electrons. The smallest absolute Gasteiger partial charge is 0.391 e. The van der Waals surface area contributed by atoms with E-state index >= 15 is 0 Å². The standard InChI is InChI=1S/C9H12F3N3O/c1-5-6(4-16)8-13-3-2-7(9(10,11)12)15(8)14-5/h7,13,16H,2-4H2,1H3/t7-/m0/s1. The molecule has 1 aliphatic rings. The molecule has 2 heterocycles. The average molecular weight is 235 g/mol. The Labute approximate surface area is 90.1 Å². The summed E-state index contributed by atoms with van der Waals surface area (Å²) < 4.78 is 39.1. The first-order chi connectivity index (χ1) is 7.45. The van der Waals surface area contributed by atoms with Gasteiger partial charge in [-0.2, -0.15) is 18.3 Å². The summed E-state index contributed by atoms with van der Waals surface area (Å²) in [4.78, 5) is 0. The van der Waals surface area contributed by atoms with E-state index in [0.717, 1.165) is 4.68 Å². The van der Waals surface area contributed by atoms with Gasteiger partial charge < -0.3 is 10.4 Å². The molecule has 2 N–H and O–H groups in total. The Morgan fingerprint density at radius 3 is 2.81 bits per heavy atom. The van der Waals surface area contributed by atoms with E-state index in [1.807, 2.05) is 0 Å². The first kappa shape index (κ1) is 11.3. The summed E-state index contributed by atoms with van der Waals surface area (Å²) >= 11 is 0. The average Bonchev–Trinajstić information content (AvgIpc) is 2.50. The Bertz CT molecular complexity index is 399. The van der Waals surface area contributed by atoms with Crippen molar-refractivity contribution in [2.24, 2.45) is 0 Å². The van der Waals surface area contributed by atoms with Gasteiger partial charge in [0.2, 0.25) is 0 Å². The van der Waals surface area contributed by atoms with E-state index in [4.69, 9.17) is 5.11 Å². The number of halogens is 3. The van der Waals surface area contributed by atoms with E-state index in [0.29, 0.717) is 11.3 Å². The van der Waals surface area contributed by atoms with Crippen LogP contribution in [0, 0.1) is 6.92 Å². The topological polar surface area (TPSA) is 50.1 Å². The van der Waals surface area contributed by atoms with Gasteiger partial charge in [0.25, 0.3) is 0 Å². The molecule has 4 nitrogen and oxygen atoms in total. The van der Waals surface area contributed by atoms with Gasteiger partial charge in [-0.25, -0.2) is 4.68 Å². The SMILES string of the molecule is Cc1nn2c(c1CO)NCC[C@H]2C(F)(F)F. The third-order valence-corrected chi connectivity index (χ3v) is 2.75. The van der Waals surface area contributed by atoms with Gasteiger partial charge in [0.1, 0.15) is 5.82 Å². The molecule has 2 rings (SSSR count). The molecule has 1 aromatic rings. The Balaban J connectivity index is 2.48. The molecular formula is C9H12F3N3O. The highest BCUT2D eigenvalue weighted by Crippen LogP contribution is 2.38. The lowest BCUT2D eigenvalue weighted by Crippen LogP contribution is -2.34. The lowest BCUT2D eigenvalue weighted by molar-refractivity contribution is -0.171. The molecule has 1 atom stereocenters. The van der Waals surface area contributed by atoms with Crippen LogP contribution in [0.25, 0.3) is 0 Å². The third-order valence-electron chi connectivity index (χ3n) is 2.75. The van der Waals surface area contributed by atoms with E-state index in [-0.39, 0.29) is 25.4 Å². The number of aromatic nitrogens is 2. The molecule has 90 valence electrons. The maximum absolute atomic E-state index is 12.7. The number of fused-ring (bicyclic) bond motifs is 1. The van der Waals surface area contributed by atoms with Gasteiger partial charge in [0.15, 0.2) is 6.04 Å². The number of nitrogens with one attached hydrogen (secondary N) is 1. The number of anilines is 1. The highest BCUT2D eigenvalue weighted by Gasteiger charge is 2.44. The molecule has 0 fully saturated rings. The number of aryl methyl sites for hydroxylation is 1. The van der Waals surface area contributed by atoms with Crippen LogP contribution < -0.4 is 5.32 Å². The normalized spacial score (nSPS) is 20.4. The number of nitrogens with zero attached hydrogens (tertiary/aromatic N) is 2. The van der Waals surface area contributed by atoms with Crippen molar-refractivity contribution in [1.29, 1.82) is 0 Å². The van der Waals surface area contributed by atoms with Crippen molar-refractivity contribution in [3.8, 4) is 0 Å². The Kier molecular flexibility index (Phi) is 2.57. The second kappa shape index (κ2) is 3.65. The van der Waals surface area contributed by atoms with E-state index in [1.54, 1.807) is 6.92 Å². The van der Waals surface area contributed by atoms with Crippen molar-refractivity contribution in [3.63, 3.8) is 0 Å². The number of alkyl halides is 3. The number of aliphatic hydroxyl groups is 1. The Morgan fingerprint density at radius 2 is 2.25 bits per heavy atom. The summed E-state index contributed by atoms with van der Waals surface area (Å²) in [6.45, 7) is 1.52. The molecule has 16 heavy (non-hydrogen) atoms. The van der Waals surface area contributed by atoms with Crippen molar-refractivity contribution < 1.29 is 18.3 Å². The van der Waals surface area contributed by atoms with Crippen molar-refractivity contribution in [2.45, 2.75) is 32.2 Å². The van der Waals surface area contributed by atoms with E-state index in [2.05, 4.69) is 10.4 Å². The van der Waals surface area contributed by atoms with Crippen LogP contribution in [0.3, 0.4) is 0 Å². The molecule has 7 heteroatoms. The zero-order chi connectivity index (χ0) is 11.9. The molecule has 1 aliphatic heterocycles. The summed E-state index contributed by atoms with van der Waals surface area (Å²) in [7, 11) is 0. The first-order valence-corrected chi connectivity index (χ1v) is 4.94. The molecular weight excluding hydrogens is 223 g/mol. The third kappa shape index (κ3) is 1.64. The molecule has 0 aromatic carbocycles. The number of hydrogen-bond donors (Lipinski definition) is 2. The maximum atomic E-state index is 12.7. The summed E-state index contributed by atoms with van der Waals surface area (Å²) in [5.41, 5.74) is 0.870. The number of hydrogen-bond acceptors (Lipinski definition) is 3. The summed E-state index contributed by atoms with van der Waals surface area (Å²) in [5.74, 6) is 0.286. The lowest BCUT2D eigenvalue weighted by Gasteiger charge is -2.27. The highest BCUT2D eigenvalue weighted by atomic mass is 19.4. The monoisotopic (exact) mass is 235 g/mol. The van der Waals surface area contributed by atoms with Gasteiger partial charge in [-0.1, -0.05) is 0 Å². The minimum Gasteiger partial charge on any atom is -0.391 e. The minimum absolute atomic E-state index is 0.0392. The largest absolute Gasteiger partial charge is 0.410 e. The fraction of sp³-hybridized carbons (Fsp3) is 0.667. The quantitative estimate of drug-likeness (QED) is 0.777. The fourth-order valence-electron chi connectivity index (χ4n) is 1.94. The Morgan fingerprint density at radius 1 is 1.56 bits per heavy atom. The number of rotatable bonds is 1. The van der Waals surface area contributed by atoms with Crippen LogP contribution in [0.5, 0.6) is 0 Å². The van der Waals surface area contributed by atoms with Crippen molar-refractivity contribution in [3.05, 3.63) is 11.3 Å². The lowest BCUT2D eigenvalue weighted by atomic mass is 10.1. The van der Waals surface area contributed by atoms with Gasteiger partial charge in [0.05, 0.1) is 12.3 Å². The van der Waals surface area contributed by atoms with Gasteiger partial charge in [0, 0.05) is 12.1 Å². The Hall–Kier alpha value is -1.24. The van der Waals surface area contributed by atoms with Crippen molar-refractivity contribution >= 4 is 5.82 Å². The molecule has 0 amide bonds. The van der Waals surface area contributed by atoms with E-state index < -0.39 is 12.2 Å². The molecule has 0 saturated carbocycles. The van der Waals surface area contributed by atoms with Gasteiger partial charge in [-0.15, -0.1) is 0 Å². The fourth-order valence-corrected chi connectivity index (χ4v) is 1.94. The molecule has 0 unspecified atom stereocenters. The van der Waals surface area contributed by atoms with Crippen molar-refractivity contribution in [1.82, 2.24) is 9.78 Å². The zero-order valence-electron chi connectivity index (χ0n) is 8.67. The van der Waals surface area contributed by atoms with E-state index in [1.165, 1.54) is 0 Å². The predicted molar refractivity (Wildman–Crippen MR) is 51.1 cm³/mol.